The van der Waals surface area contributed by atoms with Crippen LogP contribution in [0.4, 0.5) is 0 Å². The number of hydrogen-bond acceptors (Lipinski definition) is 3. The molecule has 0 aliphatic rings. The average molecular weight is 290 g/mol. The van der Waals surface area contributed by atoms with Crippen LogP contribution in [-0.4, -0.2) is 22.5 Å². The van der Waals surface area contributed by atoms with Crippen LogP contribution < -0.4 is 5.32 Å². The Kier molecular flexibility index (Phi) is 4.76. The summed E-state index contributed by atoms with van der Waals surface area (Å²) in [5.74, 6) is -1.13. The Labute approximate surface area is 115 Å². The van der Waals surface area contributed by atoms with Gasteiger partial charge in [0, 0.05) is 12.0 Å². The lowest BCUT2D eigenvalue weighted by atomic mass is 9.98. The summed E-state index contributed by atoms with van der Waals surface area (Å²) in [6.45, 7) is 5.43. The minimum absolute atomic E-state index is 0.0183. The second-order valence-corrected chi connectivity index (χ2v) is 6.05. The fourth-order valence-electron chi connectivity index (χ4n) is 1.43. The Morgan fingerprint density at radius 2 is 2.11 bits per heavy atom. The van der Waals surface area contributed by atoms with Crippen molar-refractivity contribution in [3.8, 4) is 0 Å². The first-order chi connectivity index (χ1) is 8.23. The van der Waals surface area contributed by atoms with E-state index in [0.717, 1.165) is 5.56 Å². The Morgan fingerprint density at radius 1 is 1.50 bits per heavy atom. The zero-order chi connectivity index (χ0) is 13.9. The summed E-state index contributed by atoms with van der Waals surface area (Å²) in [7, 11) is 0. The van der Waals surface area contributed by atoms with Crippen molar-refractivity contribution in [3.05, 3.63) is 20.8 Å². The number of carboxylic acids is 1. The topological polar surface area (TPSA) is 66.4 Å². The Morgan fingerprint density at radius 3 is 2.56 bits per heavy atom. The van der Waals surface area contributed by atoms with Gasteiger partial charge in [0.25, 0.3) is 5.91 Å². The molecule has 2 N–H and O–H groups in total. The molecule has 1 aromatic heterocycles. The SMILES string of the molecule is Cc1csc(C(=O)NC(C)(C)CCC(=O)O)c1Cl. The second kappa shape index (κ2) is 5.71. The lowest BCUT2D eigenvalue weighted by Gasteiger charge is -2.25. The molecule has 0 spiro atoms. The van der Waals surface area contributed by atoms with E-state index in [4.69, 9.17) is 16.7 Å². The number of amides is 1. The maximum atomic E-state index is 12.0. The summed E-state index contributed by atoms with van der Waals surface area (Å²) in [6.07, 6.45) is 0.389. The summed E-state index contributed by atoms with van der Waals surface area (Å²) in [5, 5.41) is 13.7. The standard InChI is InChI=1S/C12H16ClNO3S/c1-7-6-18-10(9(7)13)11(17)14-12(2,3)5-4-8(15)16/h6H,4-5H2,1-3H3,(H,14,17)(H,15,16). The van der Waals surface area contributed by atoms with Crippen molar-refractivity contribution in [1.82, 2.24) is 5.32 Å². The molecule has 6 heteroatoms. The van der Waals surface area contributed by atoms with Gasteiger partial charge in [0.1, 0.15) is 4.88 Å². The molecule has 0 radical (unpaired) electrons. The van der Waals surface area contributed by atoms with Crippen molar-refractivity contribution in [2.45, 2.75) is 39.2 Å². The average Bonchev–Trinajstić information content (AvgIpc) is 2.56. The van der Waals surface area contributed by atoms with Gasteiger partial charge in [-0.25, -0.2) is 0 Å². The number of nitrogens with one attached hydrogen (secondary N) is 1. The largest absolute Gasteiger partial charge is 0.481 e. The Balaban J connectivity index is 2.69. The number of carbonyl (C=O) groups excluding carboxylic acids is 1. The van der Waals surface area contributed by atoms with Crippen LogP contribution in [0.3, 0.4) is 0 Å². The first kappa shape index (κ1) is 15.0. The normalized spacial score (nSPS) is 11.3. The molecule has 0 saturated carbocycles. The summed E-state index contributed by atoms with van der Waals surface area (Å²) in [4.78, 5) is 23.0. The summed E-state index contributed by atoms with van der Waals surface area (Å²) in [6, 6.07) is 0. The zero-order valence-corrected chi connectivity index (χ0v) is 12.1. The van der Waals surface area contributed by atoms with Gasteiger partial charge in [0.15, 0.2) is 0 Å². The number of rotatable bonds is 5. The van der Waals surface area contributed by atoms with E-state index in [1.165, 1.54) is 11.3 Å². The molecule has 18 heavy (non-hydrogen) atoms. The molecule has 1 heterocycles. The van der Waals surface area contributed by atoms with Crippen molar-refractivity contribution in [1.29, 1.82) is 0 Å². The third-order valence-corrected chi connectivity index (χ3v) is 4.22. The van der Waals surface area contributed by atoms with Crippen LogP contribution in [0.2, 0.25) is 5.02 Å². The number of carbonyl (C=O) groups is 2. The molecular formula is C12H16ClNO3S. The van der Waals surface area contributed by atoms with E-state index in [1.54, 1.807) is 13.8 Å². The molecule has 0 fully saturated rings. The van der Waals surface area contributed by atoms with Gasteiger partial charge in [-0.05, 0) is 38.1 Å². The minimum Gasteiger partial charge on any atom is -0.481 e. The van der Waals surface area contributed by atoms with E-state index < -0.39 is 11.5 Å². The molecule has 1 amide bonds. The first-order valence-electron chi connectivity index (χ1n) is 5.51. The predicted molar refractivity (Wildman–Crippen MR) is 72.5 cm³/mol. The molecule has 0 aliphatic heterocycles. The van der Waals surface area contributed by atoms with Crippen molar-refractivity contribution in [3.63, 3.8) is 0 Å². The van der Waals surface area contributed by atoms with Crippen molar-refractivity contribution in [2.75, 3.05) is 0 Å². The maximum absolute atomic E-state index is 12.0. The highest BCUT2D eigenvalue weighted by molar-refractivity contribution is 7.13. The number of thiophene rings is 1. The van der Waals surface area contributed by atoms with Crippen LogP contribution in [0.25, 0.3) is 0 Å². The quantitative estimate of drug-likeness (QED) is 0.875. The van der Waals surface area contributed by atoms with Gasteiger partial charge in [0.2, 0.25) is 0 Å². The molecule has 0 saturated heterocycles. The van der Waals surface area contributed by atoms with Crippen LogP contribution in [0.1, 0.15) is 41.9 Å². The van der Waals surface area contributed by atoms with Gasteiger partial charge >= 0.3 is 5.97 Å². The van der Waals surface area contributed by atoms with Gasteiger partial charge < -0.3 is 10.4 Å². The molecule has 100 valence electrons. The molecule has 0 unspecified atom stereocenters. The van der Waals surface area contributed by atoms with Crippen molar-refractivity contribution < 1.29 is 14.7 Å². The molecule has 1 rings (SSSR count). The Bertz CT molecular complexity index is 468. The van der Waals surface area contributed by atoms with Gasteiger partial charge in [-0.3, -0.25) is 9.59 Å². The smallest absolute Gasteiger partial charge is 0.303 e. The number of carboxylic acid groups (broad SMARTS) is 1. The van der Waals surface area contributed by atoms with Crippen molar-refractivity contribution >= 4 is 34.8 Å². The number of aryl methyl sites for hydroxylation is 1. The van der Waals surface area contributed by atoms with Crippen LogP contribution in [0, 0.1) is 6.92 Å². The van der Waals surface area contributed by atoms with Gasteiger partial charge in [-0.15, -0.1) is 11.3 Å². The lowest BCUT2D eigenvalue weighted by Crippen LogP contribution is -2.43. The number of halogens is 1. The molecule has 1 aromatic rings. The van der Waals surface area contributed by atoms with Crippen LogP contribution in [-0.2, 0) is 4.79 Å². The highest BCUT2D eigenvalue weighted by Gasteiger charge is 2.24. The van der Waals surface area contributed by atoms with E-state index in [9.17, 15) is 9.59 Å². The zero-order valence-electron chi connectivity index (χ0n) is 10.5. The molecule has 4 nitrogen and oxygen atoms in total. The summed E-state index contributed by atoms with van der Waals surface area (Å²) < 4.78 is 0. The molecule has 0 aromatic carbocycles. The van der Waals surface area contributed by atoms with Crippen LogP contribution >= 0.6 is 22.9 Å². The summed E-state index contributed by atoms with van der Waals surface area (Å²) in [5.41, 5.74) is 0.298. The highest BCUT2D eigenvalue weighted by Crippen LogP contribution is 2.27. The van der Waals surface area contributed by atoms with E-state index in [2.05, 4.69) is 5.32 Å². The van der Waals surface area contributed by atoms with E-state index in [1.807, 2.05) is 12.3 Å². The Hall–Kier alpha value is -1.07. The lowest BCUT2D eigenvalue weighted by molar-refractivity contribution is -0.137. The predicted octanol–water partition coefficient (Wildman–Crippen LogP) is 3.08. The third-order valence-electron chi connectivity index (χ3n) is 2.52. The second-order valence-electron chi connectivity index (χ2n) is 4.79. The minimum atomic E-state index is -0.873. The van der Waals surface area contributed by atoms with Crippen LogP contribution in [0.15, 0.2) is 5.38 Å². The van der Waals surface area contributed by atoms with Gasteiger partial charge in [-0.2, -0.15) is 0 Å². The van der Waals surface area contributed by atoms with Gasteiger partial charge in [0.05, 0.1) is 5.02 Å². The van der Waals surface area contributed by atoms with E-state index in [0.29, 0.717) is 16.3 Å². The van der Waals surface area contributed by atoms with E-state index in [-0.39, 0.29) is 12.3 Å². The number of hydrogen-bond donors (Lipinski definition) is 2. The van der Waals surface area contributed by atoms with Crippen LogP contribution in [0.5, 0.6) is 0 Å². The van der Waals surface area contributed by atoms with Crippen molar-refractivity contribution in [2.24, 2.45) is 0 Å². The third kappa shape index (κ3) is 3.99. The molecular weight excluding hydrogens is 274 g/mol. The number of aliphatic carboxylic acids is 1. The molecule has 0 atom stereocenters. The monoisotopic (exact) mass is 289 g/mol. The fraction of sp³-hybridized carbons (Fsp3) is 0.500. The fourth-order valence-corrected chi connectivity index (χ4v) is 2.60. The molecule has 0 bridgehead atoms. The summed E-state index contributed by atoms with van der Waals surface area (Å²) >= 11 is 7.30. The first-order valence-corrected chi connectivity index (χ1v) is 6.76. The van der Waals surface area contributed by atoms with Gasteiger partial charge in [-0.1, -0.05) is 11.6 Å². The van der Waals surface area contributed by atoms with E-state index >= 15 is 0 Å². The maximum Gasteiger partial charge on any atom is 0.303 e. The highest BCUT2D eigenvalue weighted by atomic mass is 35.5. The molecule has 0 aliphatic carbocycles.